The fourth-order valence-electron chi connectivity index (χ4n) is 1.21. The van der Waals surface area contributed by atoms with Gasteiger partial charge in [0.25, 0.3) is 0 Å². The predicted octanol–water partition coefficient (Wildman–Crippen LogP) is 1.08. The SMILES string of the molecule is Cc1cccc([C@H](N)C(C)O)c1O. The molecule has 13 heavy (non-hydrogen) atoms. The zero-order valence-corrected chi connectivity index (χ0v) is 7.86. The van der Waals surface area contributed by atoms with Crippen LogP contribution in [0.1, 0.15) is 24.1 Å². The fourth-order valence-corrected chi connectivity index (χ4v) is 1.21. The van der Waals surface area contributed by atoms with E-state index in [1.54, 1.807) is 26.0 Å². The van der Waals surface area contributed by atoms with E-state index < -0.39 is 12.1 Å². The molecule has 0 heterocycles. The summed E-state index contributed by atoms with van der Waals surface area (Å²) in [6.45, 7) is 3.40. The maximum absolute atomic E-state index is 9.63. The minimum atomic E-state index is -0.660. The summed E-state index contributed by atoms with van der Waals surface area (Å²) < 4.78 is 0. The highest BCUT2D eigenvalue weighted by Gasteiger charge is 2.16. The Bertz CT molecular complexity index is 297. The molecule has 0 fully saturated rings. The molecule has 72 valence electrons. The quantitative estimate of drug-likeness (QED) is 0.639. The van der Waals surface area contributed by atoms with E-state index in [0.717, 1.165) is 5.56 Å². The molecule has 0 spiro atoms. The first-order chi connectivity index (χ1) is 6.04. The van der Waals surface area contributed by atoms with Gasteiger partial charge in [-0.3, -0.25) is 0 Å². The minimum Gasteiger partial charge on any atom is -0.507 e. The topological polar surface area (TPSA) is 66.5 Å². The van der Waals surface area contributed by atoms with Crippen molar-refractivity contribution in [2.75, 3.05) is 0 Å². The number of aliphatic hydroxyl groups excluding tert-OH is 1. The van der Waals surface area contributed by atoms with Crippen LogP contribution >= 0.6 is 0 Å². The van der Waals surface area contributed by atoms with Gasteiger partial charge in [-0.15, -0.1) is 0 Å². The Balaban J connectivity index is 3.07. The molecule has 0 aliphatic heterocycles. The molecule has 0 amide bonds. The third kappa shape index (κ3) is 1.99. The Hall–Kier alpha value is -1.06. The number of phenols is 1. The Morgan fingerprint density at radius 3 is 2.54 bits per heavy atom. The molecular weight excluding hydrogens is 166 g/mol. The number of aryl methyl sites for hydroxylation is 1. The van der Waals surface area contributed by atoms with E-state index in [4.69, 9.17) is 5.73 Å². The van der Waals surface area contributed by atoms with Crippen LogP contribution in [0.3, 0.4) is 0 Å². The van der Waals surface area contributed by atoms with Crippen molar-refractivity contribution in [3.05, 3.63) is 29.3 Å². The maximum Gasteiger partial charge on any atom is 0.123 e. The minimum absolute atomic E-state index is 0.177. The van der Waals surface area contributed by atoms with E-state index in [1.165, 1.54) is 0 Å². The summed E-state index contributed by atoms with van der Waals surface area (Å²) in [5.74, 6) is 0.177. The highest BCUT2D eigenvalue weighted by molar-refractivity contribution is 5.41. The number of hydrogen-bond acceptors (Lipinski definition) is 3. The van der Waals surface area contributed by atoms with Crippen LogP contribution < -0.4 is 5.73 Å². The monoisotopic (exact) mass is 181 g/mol. The third-order valence-electron chi connectivity index (χ3n) is 2.15. The van der Waals surface area contributed by atoms with E-state index in [9.17, 15) is 10.2 Å². The van der Waals surface area contributed by atoms with Crippen LogP contribution in [-0.4, -0.2) is 16.3 Å². The van der Waals surface area contributed by atoms with Gasteiger partial charge in [0.05, 0.1) is 12.1 Å². The predicted molar refractivity (Wildman–Crippen MR) is 51.5 cm³/mol. The van der Waals surface area contributed by atoms with E-state index >= 15 is 0 Å². The zero-order valence-electron chi connectivity index (χ0n) is 7.86. The van der Waals surface area contributed by atoms with Crippen LogP contribution in [0.2, 0.25) is 0 Å². The van der Waals surface area contributed by atoms with Crippen LogP contribution in [0.4, 0.5) is 0 Å². The summed E-state index contributed by atoms with van der Waals surface area (Å²) >= 11 is 0. The summed E-state index contributed by atoms with van der Waals surface area (Å²) in [7, 11) is 0. The average Bonchev–Trinajstić information content (AvgIpc) is 2.08. The van der Waals surface area contributed by atoms with Gasteiger partial charge in [0.1, 0.15) is 5.75 Å². The Morgan fingerprint density at radius 2 is 2.00 bits per heavy atom. The van der Waals surface area contributed by atoms with Crippen LogP contribution in [0, 0.1) is 6.92 Å². The summed E-state index contributed by atoms with van der Waals surface area (Å²) in [5.41, 5.74) is 7.06. The van der Waals surface area contributed by atoms with Crippen LogP contribution in [0.25, 0.3) is 0 Å². The molecule has 3 nitrogen and oxygen atoms in total. The van der Waals surface area contributed by atoms with Gasteiger partial charge in [-0.05, 0) is 19.4 Å². The lowest BCUT2D eigenvalue weighted by atomic mass is 10.00. The van der Waals surface area contributed by atoms with Crippen molar-refractivity contribution >= 4 is 0 Å². The van der Waals surface area contributed by atoms with Crippen molar-refractivity contribution in [3.63, 3.8) is 0 Å². The molecule has 0 aliphatic rings. The number of aromatic hydroxyl groups is 1. The normalized spacial score (nSPS) is 15.4. The molecule has 1 aromatic carbocycles. The summed E-state index contributed by atoms with van der Waals surface area (Å²) in [4.78, 5) is 0. The molecule has 0 saturated carbocycles. The second-order valence-corrected chi connectivity index (χ2v) is 3.28. The van der Waals surface area contributed by atoms with Gasteiger partial charge in [-0.1, -0.05) is 18.2 Å². The second kappa shape index (κ2) is 3.77. The number of aliphatic hydroxyl groups is 1. The molecule has 1 unspecified atom stereocenters. The standard InChI is InChI=1S/C10H15NO2/c1-6-4-3-5-8(10(6)13)9(11)7(2)12/h3-5,7,9,12-13H,11H2,1-2H3/t7?,9-/m1/s1. The van der Waals surface area contributed by atoms with Crippen molar-refractivity contribution in [2.24, 2.45) is 5.73 Å². The van der Waals surface area contributed by atoms with Crippen LogP contribution in [0.5, 0.6) is 5.75 Å². The highest BCUT2D eigenvalue weighted by atomic mass is 16.3. The van der Waals surface area contributed by atoms with Crippen LogP contribution in [-0.2, 0) is 0 Å². The lowest BCUT2D eigenvalue weighted by molar-refractivity contribution is 0.163. The Labute approximate surface area is 77.8 Å². The molecule has 0 saturated heterocycles. The Kier molecular flexibility index (Phi) is 2.90. The molecular formula is C10H15NO2. The van der Waals surface area contributed by atoms with Gasteiger partial charge < -0.3 is 15.9 Å². The van der Waals surface area contributed by atoms with E-state index in [0.29, 0.717) is 5.56 Å². The number of hydrogen-bond donors (Lipinski definition) is 3. The second-order valence-electron chi connectivity index (χ2n) is 3.28. The lowest BCUT2D eigenvalue weighted by Gasteiger charge is -2.17. The van der Waals surface area contributed by atoms with Crippen molar-refractivity contribution in [1.82, 2.24) is 0 Å². The van der Waals surface area contributed by atoms with Crippen molar-refractivity contribution < 1.29 is 10.2 Å². The number of nitrogens with two attached hydrogens (primary N) is 1. The largest absolute Gasteiger partial charge is 0.507 e. The van der Waals surface area contributed by atoms with Gasteiger partial charge in [0.15, 0.2) is 0 Å². The maximum atomic E-state index is 9.63. The molecule has 0 bridgehead atoms. The molecule has 0 aromatic heterocycles. The highest BCUT2D eigenvalue weighted by Crippen LogP contribution is 2.27. The van der Waals surface area contributed by atoms with E-state index in [1.807, 2.05) is 6.07 Å². The van der Waals surface area contributed by atoms with Gasteiger partial charge in [-0.25, -0.2) is 0 Å². The number of para-hydroxylation sites is 1. The first-order valence-electron chi connectivity index (χ1n) is 4.26. The molecule has 2 atom stereocenters. The van der Waals surface area contributed by atoms with Crippen LogP contribution in [0.15, 0.2) is 18.2 Å². The van der Waals surface area contributed by atoms with Crippen molar-refractivity contribution in [1.29, 1.82) is 0 Å². The van der Waals surface area contributed by atoms with Gasteiger partial charge >= 0.3 is 0 Å². The number of phenolic OH excluding ortho intramolecular Hbond substituents is 1. The summed E-state index contributed by atoms with van der Waals surface area (Å²) in [6, 6.07) is 4.81. The molecule has 4 N–H and O–H groups in total. The molecule has 3 heteroatoms. The molecule has 0 radical (unpaired) electrons. The fraction of sp³-hybridized carbons (Fsp3) is 0.400. The van der Waals surface area contributed by atoms with E-state index in [-0.39, 0.29) is 5.75 Å². The first kappa shape index (κ1) is 10.0. The average molecular weight is 181 g/mol. The van der Waals surface area contributed by atoms with Gasteiger partial charge in [0, 0.05) is 5.56 Å². The van der Waals surface area contributed by atoms with Crippen molar-refractivity contribution in [3.8, 4) is 5.75 Å². The molecule has 1 rings (SSSR count). The van der Waals surface area contributed by atoms with Gasteiger partial charge in [-0.2, -0.15) is 0 Å². The first-order valence-corrected chi connectivity index (χ1v) is 4.26. The summed E-state index contributed by atoms with van der Waals surface area (Å²) in [6.07, 6.45) is -0.660. The van der Waals surface area contributed by atoms with Gasteiger partial charge in [0.2, 0.25) is 0 Å². The Morgan fingerprint density at radius 1 is 1.38 bits per heavy atom. The smallest absolute Gasteiger partial charge is 0.123 e. The zero-order chi connectivity index (χ0) is 10.0. The molecule has 1 aromatic rings. The summed E-state index contributed by atoms with van der Waals surface area (Å²) in [5, 5.41) is 18.9. The van der Waals surface area contributed by atoms with Crippen molar-refractivity contribution in [2.45, 2.75) is 26.0 Å². The molecule has 0 aliphatic carbocycles. The number of rotatable bonds is 2. The number of benzene rings is 1. The van der Waals surface area contributed by atoms with E-state index in [2.05, 4.69) is 0 Å². The third-order valence-corrected chi connectivity index (χ3v) is 2.15. The lowest BCUT2D eigenvalue weighted by Crippen LogP contribution is -2.23.